The highest BCUT2D eigenvalue weighted by Gasteiger charge is 2.03. The lowest BCUT2D eigenvalue weighted by Crippen LogP contribution is -1.85. The van der Waals surface area contributed by atoms with Crippen molar-refractivity contribution in [3.05, 3.63) is 65.7 Å². The van der Waals surface area contributed by atoms with E-state index < -0.39 is 0 Å². The number of aryl methyl sites for hydroxylation is 1. The molecule has 24 heavy (non-hydrogen) atoms. The average molecular weight is 326 g/mol. The standard InChI is InChI=1S/C11H14O.C10H12O2/c1-7(2)10-5-8(3)9(4)11(12)6-10;1-7(2)8-4-5-10(12-3)9(11)6-8/h5-6,12H,1H2,2-4H3;4-6,11H,1H2,2-3H3. The van der Waals surface area contributed by atoms with Crippen LogP contribution in [-0.4, -0.2) is 17.3 Å². The summed E-state index contributed by atoms with van der Waals surface area (Å²) in [5.74, 6) is 0.992. The van der Waals surface area contributed by atoms with E-state index in [0.29, 0.717) is 11.5 Å². The summed E-state index contributed by atoms with van der Waals surface area (Å²) in [6, 6.07) is 9.02. The number of aromatic hydroxyl groups is 2. The van der Waals surface area contributed by atoms with Gasteiger partial charge < -0.3 is 14.9 Å². The van der Waals surface area contributed by atoms with Crippen LogP contribution in [0, 0.1) is 13.8 Å². The van der Waals surface area contributed by atoms with Gasteiger partial charge in [-0.3, -0.25) is 0 Å². The molecule has 0 amide bonds. The first-order valence-corrected chi connectivity index (χ1v) is 7.66. The minimum Gasteiger partial charge on any atom is -0.508 e. The molecule has 0 aliphatic heterocycles. The van der Waals surface area contributed by atoms with Gasteiger partial charge in [-0.25, -0.2) is 0 Å². The number of hydrogen-bond donors (Lipinski definition) is 2. The highest BCUT2D eigenvalue weighted by molar-refractivity contribution is 5.65. The first kappa shape index (κ1) is 19.4. The van der Waals surface area contributed by atoms with Crippen LogP contribution >= 0.6 is 0 Å². The Kier molecular flexibility index (Phi) is 6.66. The van der Waals surface area contributed by atoms with Crippen molar-refractivity contribution in [3.8, 4) is 17.2 Å². The fraction of sp³-hybridized carbons (Fsp3) is 0.238. The summed E-state index contributed by atoms with van der Waals surface area (Å²) in [7, 11) is 1.52. The average Bonchev–Trinajstić information content (AvgIpc) is 2.52. The second kappa shape index (κ2) is 8.25. The summed E-state index contributed by atoms with van der Waals surface area (Å²) >= 11 is 0. The Bertz CT molecular complexity index is 735. The van der Waals surface area contributed by atoms with E-state index in [1.54, 1.807) is 18.2 Å². The predicted molar refractivity (Wildman–Crippen MR) is 102 cm³/mol. The van der Waals surface area contributed by atoms with Gasteiger partial charge in [0.2, 0.25) is 0 Å². The van der Waals surface area contributed by atoms with Crippen molar-refractivity contribution in [2.24, 2.45) is 0 Å². The third-order valence-corrected chi connectivity index (χ3v) is 3.80. The number of ether oxygens (including phenoxy) is 1. The zero-order chi connectivity index (χ0) is 18.4. The van der Waals surface area contributed by atoms with Crippen LogP contribution in [0.25, 0.3) is 11.1 Å². The Morgan fingerprint density at radius 3 is 1.83 bits per heavy atom. The molecule has 0 aliphatic carbocycles. The monoisotopic (exact) mass is 326 g/mol. The molecule has 0 fully saturated rings. The number of hydrogen-bond acceptors (Lipinski definition) is 3. The van der Waals surface area contributed by atoms with Crippen LogP contribution in [0.5, 0.6) is 17.2 Å². The van der Waals surface area contributed by atoms with Crippen LogP contribution in [0.1, 0.15) is 36.1 Å². The molecule has 128 valence electrons. The molecule has 0 aliphatic rings. The molecule has 3 nitrogen and oxygen atoms in total. The number of methoxy groups -OCH3 is 1. The molecule has 0 bridgehead atoms. The maximum Gasteiger partial charge on any atom is 0.160 e. The molecule has 3 heteroatoms. The molecule has 2 N–H and O–H groups in total. The molecule has 0 radical (unpaired) electrons. The fourth-order valence-electron chi connectivity index (χ4n) is 2.04. The van der Waals surface area contributed by atoms with E-state index in [-0.39, 0.29) is 5.75 Å². The molecular formula is C21H26O3. The Balaban J connectivity index is 0.000000240. The highest BCUT2D eigenvalue weighted by Crippen LogP contribution is 2.28. The van der Waals surface area contributed by atoms with Gasteiger partial charge in [-0.1, -0.05) is 36.4 Å². The van der Waals surface area contributed by atoms with Gasteiger partial charge in [0.05, 0.1) is 7.11 Å². The Morgan fingerprint density at radius 2 is 1.42 bits per heavy atom. The summed E-state index contributed by atoms with van der Waals surface area (Å²) in [4.78, 5) is 0. The van der Waals surface area contributed by atoms with E-state index in [9.17, 15) is 10.2 Å². The van der Waals surface area contributed by atoms with Gasteiger partial charge in [0.15, 0.2) is 11.5 Å². The SMILES string of the molecule is C=C(C)c1cc(C)c(C)c(O)c1.C=C(C)c1ccc(OC)c(O)c1. The molecule has 2 rings (SSSR count). The second-order valence-electron chi connectivity index (χ2n) is 5.88. The van der Waals surface area contributed by atoms with Crippen molar-refractivity contribution in [2.75, 3.05) is 7.11 Å². The molecule has 0 atom stereocenters. The predicted octanol–water partition coefficient (Wildman–Crippen LogP) is 5.48. The van der Waals surface area contributed by atoms with E-state index >= 15 is 0 Å². The van der Waals surface area contributed by atoms with E-state index in [1.807, 2.05) is 39.8 Å². The van der Waals surface area contributed by atoms with Crippen LogP contribution in [0.4, 0.5) is 0 Å². The van der Waals surface area contributed by atoms with Crippen molar-refractivity contribution in [1.82, 2.24) is 0 Å². The molecule has 2 aromatic rings. The minimum atomic E-state index is 0.151. The van der Waals surface area contributed by atoms with Crippen LogP contribution in [-0.2, 0) is 0 Å². The first-order chi connectivity index (χ1) is 11.2. The summed E-state index contributed by atoms with van der Waals surface area (Å²) in [6.07, 6.45) is 0. The quantitative estimate of drug-likeness (QED) is 0.785. The first-order valence-electron chi connectivity index (χ1n) is 7.66. The highest BCUT2D eigenvalue weighted by atomic mass is 16.5. The number of allylic oxidation sites excluding steroid dienone is 2. The lowest BCUT2D eigenvalue weighted by atomic mass is 10.0. The number of rotatable bonds is 3. The summed E-state index contributed by atoms with van der Waals surface area (Å²) in [6.45, 7) is 15.3. The van der Waals surface area contributed by atoms with Gasteiger partial charge in [-0.15, -0.1) is 0 Å². The Morgan fingerprint density at radius 1 is 0.875 bits per heavy atom. The maximum absolute atomic E-state index is 9.49. The largest absolute Gasteiger partial charge is 0.508 e. The van der Waals surface area contributed by atoms with Crippen molar-refractivity contribution >= 4 is 11.1 Å². The number of phenolic OH excluding ortho intramolecular Hbond substituents is 2. The zero-order valence-corrected chi connectivity index (χ0v) is 15.1. The topological polar surface area (TPSA) is 49.7 Å². The third-order valence-electron chi connectivity index (χ3n) is 3.80. The van der Waals surface area contributed by atoms with E-state index in [0.717, 1.165) is 33.4 Å². The number of phenols is 2. The smallest absolute Gasteiger partial charge is 0.160 e. The van der Waals surface area contributed by atoms with Crippen molar-refractivity contribution in [1.29, 1.82) is 0 Å². The molecule has 0 spiro atoms. The molecule has 0 heterocycles. The van der Waals surface area contributed by atoms with Crippen molar-refractivity contribution in [3.63, 3.8) is 0 Å². The number of benzene rings is 2. The Hall–Kier alpha value is -2.68. The van der Waals surface area contributed by atoms with Crippen LogP contribution in [0.3, 0.4) is 0 Å². The second-order valence-corrected chi connectivity index (χ2v) is 5.88. The Labute approximate surface area is 144 Å². The van der Waals surface area contributed by atoms with Crippen LogP contribution in [0.2, 0.25) is 0 Å². The summed E-state index contributed by atoms with van der Waals surface area (Å²) in [5, 5.41) is 18.9. The van der Waals surface area contributed by atoms with Crippen molar-refractivity contribution < 1.29 is 14.9 Å². The van der Waals surface area contributed by atoms with Crippen LogP contribution < -0.4 is 4.74 Å². The molecule has 0 saturated carbocycles. The van der Waals surface area contributed by atoms with E-state index in [4.69, 9.17) is 4.74 Å². The molecule has 0 aromatic heterocycles. The third kappa shape index (κ3) is 4.92. The van der Waals surface area contributed by atoms with Gasteiger partial charge in [-0.2, -0.15) is 0 Å². The normalized spacial score (nSPS) is 9.71. The van der Waals surface area contributed by atoms with E-state index in [1.165, 1.54) is 7.11 Å². The fourth-order valence-corrected chi connectivity index (χ4v) is 2.04. The van der Waals surface area contributed by atoms with Crippen molar-refractivity contribution in [2.45, 2.75) is 27.7 Å². The molecule has 2 aromatic carbocycles. The zero-order valence-electron chi connectivity index (χ0n) is 15.1. The molecule has 0 unspecified atom stereocenters. The summed E-state index contributed by atoms with van der Waals surface area (Å²) in [5.41, 5.74) is 5.89. The molecular weight excluding hydrogens is 300 g/mol. The lowest BCUT2D eigenvalue weighted by Gasteiger charge is -2.06. The van der Waals surface area contributed by atoms with Gasteiger partial charge in [0.1, 0.15) is 5.75 Å². The van der Waals surface area contributed by atoms with E-state index in [2.05, 4.69) is 13.2 Å². The van der Waals surface area contributed by atoms with Gasteiger partial charge in [0, 0.05) is 0 Å². The van der Waals surface area contributed by atoms with Gasteiger partial charge in [-0.05, 0) is 68.1 Å². The summed E-state index contributed by atoms with van der Waals surface area (Å²) < 4.78 is 4.90. The van der Waals surface area contributed by atoms with Crippen LogP contribution in [0.15, 0.2) is 43.5 Å². The van der Waals surface area contributed by atoms with Gasteiger partial charge >= 0.3 is 0 Å². The maximum atomic E-state index is 9.49. The minimum absolute atomic E-state index is 0.151. The lowest BCUT2D eigenvalue weighted by molar-refractivity contribution is 0.373. The molecule has 0 saturated heterocycles. The van der Waals surface area contributed by atoms with Gasteiger partial charge in [0.25, 0.3) is 0 Å².